The van der Waals surface area contributed by atoms with Crippen LogP contribution in [-0.4, -0.2) is 49.3 Å². The van der Waals surface area contributed by atoms with Crippen LogP contribution in [0.2, 0.25) is 0 Å². The van der Waals surface area contributed by atoms with Crippen molar-refractivity contribution in [2.24, 2.45) is 23.7 Å². The summed E-state index contributed by atoms with van der Waals surface area (Å²) in [4.78, 5) is 26.7. The van der Waals surface area contributed by atoms with Gasteiger partial charge in [0.05, 0.1) is 26.2 Å². The highest BCUT2D eigenvalue weighted by atomic mass is 16.6. The fourth-order valence-electron chi connectivity index (χ4n) is 5.83. The van der Waals surface area contributed by atoms with Crippen LogP contribution < -0.4 is 10.6 Å². The molecule has 4 N–H and O–H groups in total. The Morgan fingerprint density at radius 1 is 0.700 bits per heavy atom. The monoisotopic (exact) mass is 424 g/mol. The number of ether oxygens (including phenoxy) is 2. The van der Waals surface area contributed by atoms with Gasteiger partial charge in [0.15, 0.2) is 5.92 Å². The van der Waals surface area contributed by atoms with Gasteiger partial charge < -0.3 is 20.1 Å². The minimum absolute atomic E-state index is 0.0518. The van der Waals surface area contributed by atoms with Gasteiger partial charge in [-0.1, -0.05) is 12.8 Å². The van der Waals surface area contributed by atoms with Gasteiger partial charge in [-0.25, -0.2) is 0 Å². The van der Waals surface area contributed by atoms with Crippen molar-refractivity contribution in [3.05, 3.63) is 0 Å². The zero-order valence-corrected chi connectivity index (χ0v) is 19.6. The number of carbonyl (C=O) groups is 2. The Labute approximate surface area is 182 Å². The van der Waals surface area contributed by atoms with E-state index in [9.17, 15) is 9.59 Å². The highest BCUT2D eigenvalue weighted by Crippen LogP contribution is 2.37. The molecule has 6 heteroatoms. The molecule has 30 heavy (non-hydrogen) atoms. The minimum Gasteiger partial charge on any atom is -0.459 e. The molecule has 0 unspecified atom stereocenters. The van der Waals surface area contributed by atoms with E-state index in [0.29, 0.717) is 11.8 Å². The van der Waals surface area contributed by atoms with Crippen molar-refractivity contribution < 1.29 is 29.7 Å². The third-order valence-electron chi connectivity index (χ3n) is 7.95. The summed E-state index contributed by atoms with van der Waals surface area (Å²) in [5.74, 6) is -0.756. The van der Waals surface area contributed by atoms with E-state index < -0.39 is 17.1 Å². The number of hydrogen-bond acceptors (Lipinski definition) is 4. The molecule has 0 amide bonds. The molecule has 0 aromatic carbocycles. The van der Waals surface area contributed by atoms with Gasteiger partial charge in [-0.15, -0.1) is 0 Å². The van der Waals surface area contributed by atoms with Crippen LogP contribution in [0, 0.1) is 23.7 Å². The van der Waals surface area contributed by atoms with Crippen LogP contribution in [0.15, 0.2) is 0 Å². The molecule has 3 aliphatic rings. The molecule has 2 heterocycles. The smallest absolute Gasteiger partial charge is 0.321 e. The summed E-state index contributed by atoms with van der Waals surface area (Å²) in [5, 5.41) is 4.64. The van der Waals surface area contributed by atoms with E-state index in [2.05, 4.69) is 10.6 Å². The summed E-state index contributed by atoms with van der Waals surface area (Å²) < 4.78 is 12.1. The van der Waals surface area contributed by atoms with Gasteiger partial charge in [-0.05, 0) is 46.5 Å². The summed E-state index contributed by atoms with van der Waals surface area (Å²) in [6.07, 6.45) is 8.15. The first-order valence-electron chi connectivity index (χ1n) is 12.3. The predicted molar refractivity (Wildman–Crippen MR) is 115 cm³/mol. The van der Waals surface area contributed by atoms with Gasteiger partial charge in [0, 0.05) is 37.5 Å². The lowest BCUT2D eigenvalue weighted by atomic mass is 9.82. The lowest BCUT2D eigenvalue weighted by Crippen LogP contribution is -2.86. The second-order valence-corrected chi connectivity index (χ2v) is 10.9. The fraction of sp³-hybridized carbons (Fsp3) is 0.917. The quantitative estimate of drug-likeness (QED) is 0.478. The molecule has 1 saturated carbocycles. The van der Waals surface area contributed by atoms with Crippen molar-refractivity contribution in [2.75, 3.05) is 26.2 Å². The molecule has 0 radical (unpaired) electrons. The molecule has 6 nitrogen and oxygen atoms in total. The van der Waals surface area contributed by atoms with Crippen LogP contribution in [-0.2, 0) is 19.1 Å². The Hall–Kier alpha value is -1.14. The van der Waals surface area contributed by atoms with Crippen LogP contribution in [0.25, 0.3) is 0 Å². The summed E-state index contributed by atoms with van der Waals surface area (Å²) in [7, 11) is 0. The second kappa shape index (κ2) is 9.99. The molecule has 0 bridgehead atoms. The minimum atomic E-state index is -0.781. The summed E-state index contributed by atoms with van der Waals surface area (Å²) >= 11 is 0. The fourth-order valence-corrected chi connectivity index (χ4v) is 5.83. The van der Waals surface area contributed by atoms with Crippen molar-refractivity contribution in [2.45, 2.75) is 90.3 Å². The molecule has 0 atom stereocenters. The Kier molecular flexibility index (Phi) is 7.83. The van der Waals surface area contributed by atoms with E-state index >= 15 is 0 Å². The van der Waals surface area contributed by atoms with Gasteiger partial charge in [-0.3, -0.25) is 9.59 Å². The highest BCUT2D eigenvalue weighted by Gasteiger charge is 2.46. The molecule has 0 aromatic rings. The predicted octanol–water partition coefficient (Wildman–Crippen LogP) is 1.38. The van der Waals surface area contributed by atoms with E-state index in [4.69, 9.17) is 9.47 Å². The number of esters is 2. The zero-order chi connectivity index (χ0) is 21.8. The lowest BCUT2D eigenvalue weighted by Gasteiger charge is -2.38. The summed E-state index contributed by atoms with van der Waals surface area (Å²) in [6.45, 7) is 12.4. The molecule has 0 aromatic heterocycles. The van der Waals surface area contributed by atoms with Crippen LogP contribution in [0.5, 0.6) is 0 Å². The highest BCUT2D eigenvalue weighted by molar-refractivity contribution is 5.95. The maximum Gasteiger partial charge on any atom is 0.321 e. The van der Waals surface area contributed by atoms with E-state index in [1.54, 1.807) is 0 Å². The van der Waals surface area contributed by atoms with Gasteiger partial charge in [0.1, 0.15) is 11.2 Å². The van der Waals surface area contributed by atoms with Crippen LogP contribution in [0.4, 0.5) is 0 Å². The molecule has 172 valence electrons. The van der Waals surface area contributed by atoms with Gasteiger partial charge in [-0.2, -0.15) is 0 Å². The van der Waals surface area contributed by atoms with E-state index in [-0.39, 0.29) is 17.9 Å². The van der Waals surface area contributed by atoms with Gasteiger partial charge in [0.25, 0.3) is 0 Å². The third kappa shape index (κ3) is 5.76. The second-order valence-electron chi connectivity index (χ2n) is 10.9. The van der Waals surface area contributed by atoms with Crippen LogP contribution in [0.1, 0.15) is 79.1 Å². The molecule has 0 spiro atoms. The molecule has 3 rings (SSSR count). The number of carbonyl (C=O) groups excluding carboxylic acids is 2. The topological polar surface area (TPSA) is 85.8 Å². The normalized spacial score (nSPS) is 23.0. The zero-order valence-electron chi connectivity index (χ0n) is 19.6. The average Bonchev–Trinajstić information content (AvgIpc) is 3.23. The first kappa shape index (κ1) is 23.5. The maximum atomic E-state index is 13.4. The molecule has 2 aliphatic heterocycles. The lowest BCUT2D eigenvalue weighted by molar-refractivity contribution is -0.666. The number of nitrogens with two attached hydrogens (primary N) is 2. The average molecular weight is 425 g/mol. The van der Waals surface area contributed by atoms with Gasteiger partial charge >= 0.3 is 11.9 Å². The van der Waals surface area contributed by atoms with E-state index in [0.717, 1.165) is 77.5 Å². The Bertz CT molecular complexity index is 542. The largest absolute Gasteiger partial charge is 0.459 e. The Balaban J connectivity index is 1.70. The van der Waals surface area contributed by atoms with Crippen LogP contribution >= 0.6 is 0 Å². The number of piperidine rings is 2. The maximum absolute atomic E-state index is 13.4. The number of rotatable bonds is 7. The molecule has 3 fully saturated rings. The summed E-state index contributed by atoms with van der Waals surface area (Å²) in [6, 6.07) is 0. The van der Waals surface area contributed by atoms with Crippen molar-refractivity contribution in [1.29, 1.82) is 0 Å². The standard InChI is InChI=1S/C24H42N2O4/c1-23(2,18-9-13-25-14-10-18)29-21(27)20(17-7-5-6-8-17)22(28)30-24(3,4)19-11-15-26-16-12-19/h17-20,25-26H,5-16H2,1-4H3/p+2. The SMILES string of the molecule is CC(C)(OC(=O)C(C(=O)OC(C)(C)C1CC[NH2+]CC1)C1CCCC1)C1CC[NH2+]CC1. The summed E-state index contributed by atoms with van der Waals surface area (Å²) in [5.41, 5.74) is -1.09. The van der Waals surface area contributed by atoms with Crippen LogP contribution in [0.3, 0.4) is 0 Å². The van der Waals surface area contributed by atoms with Crippen molar-refractivity contribution >= 4 is 11.9 Å². The molecular formula is C24H44N2O4+2. The molecule has 2 saturated heterocycles. The van der Waals surface area contributed by atoms with Crippen molar-refractivity contribution in [1.82, 2.24) is 0 Å². The van der Waals surface area contributed by atoms with Crippen molar-refractivity contribution in [3.63, 3.8) is 0 Å². The van der Waals surface area contributed by atoms with Gasteiger partial charge in [0.2, 0.25) is 0 Å². The third-order valence-corrected chi connectivity index (χ3v) is 7.95. The first-order valence-corrected chi connectivity index (χ1v) is 12.3. The van der Waals surface area contributed by atoms with E-state index in [1.807, 2.05) is 27.7 Å². The Morgan fingerprint density at radius 2 is 1.07 bits per heavy atom. The Morgan fingerprint density at radius 3 is 1.43 bits per heavy atom. The molecular weight excluding hydrogens is 380 g/mol. The van der Waals surface area contributed by atoms with Crippen molar-refractivity contribution in [3.8, 4) is 0 Å². The first-order chi connectivity index (χ1) is 14.2. The number of hydrogen-bond donors (Lipinski definition) is 2. The van der Waals surface area contributed by atoms with E-state index in [1.165, 1.54) is 0 Å². The number of quaternary nitrogens is 2. The molecule has 1 aliphatic carbocycles.